The fraction of sp³-hybridized carbons (Fsp3) is 0.588. The number of allylic oxidation sites excluding steroid dienone is 3. The lowest BCUT2D eigenvalue weighted by Crippen LogP contribution is -2.12. The van der Waals surface area contributed by atoms with Gasteiger partial charge in [-0.3, -0.25) is 0 Å². The average molecular weight is 345 g/mol. The Labute approximate surface area is 143 Å². The quantitative estimate of drug-likeness (QED) is 0.276. The molecule has 0 aliphatic carbocycles. The number of hydrogen-bond donors (Lipinski definition) is 0. The third-order valence-corrected chi connectivity index (χ3v) is 3.58. The monoisotopic (exact) mass is 344 g/mol. The molecule has 0 aromatic carbocycles. The first-order valence-corrected chi connectivity index (χ1v) is 8.21. The van der Waals surface area contributed by atoms with Gasteiger partial charge in [-0.25, -0.2) is 19.2 Å². The van der Waals surface area contributed by atoms with Gasteiger partial charge in [-0.1, -0.05) is 32.4 Å². The first-order valence-electron chi connectivity index (χ1n) is 7.83. The van der Waals surface area contributed by atoms with Gasteiger partial charge < -0.3 is 4.74 Å². The molecule has 130 valence electrons. The van der Waals surface area contributed by atoms with Gasteiger partial charge in [-0.05, 0) is 39.7 Å². The van der Waals surface area contributed by atoms with Crippen LogP contribution in [0.2, 0.25) is 0 Å². The summed E-state index contributed by atoms with van der Waals surface area (Å²) >= 11 is 5.86. The van der Waals surface area contributed by atoms with E-state index in [0.717, 1.165) is 6.42 Å². The van der Waals surface area contributed by atoms with E-state index in [1.165, 1.54) is 13.0 Å². The zero-order valence-electron chi connectivity index (χ0n) is 14.7. The topological polar surface area (TPSA) is 51.0 Å². The van der Waals surface area contributed by atoms with Crippen molar-refractivity contribution in [3.63, 3.8) is 0 Å². The highest BCUT2D eigenvalue weighted by Crippen LogP contribution is 2.17. The van der Waals surface area contributed by atoms with Crippen LogP contribution in [0, 0.1) is 5.92 Å². The van der Waals surface area contributed by atoms with Crippen LogP contribution in [-0.2, 0) is 9.53 Å². The van der Waals surface area contributed by atoms with Crippen LogP contribution in [0.25, 0.3) is 0 Å². The largest absolute Gasteiger partial charge is 0.463 e. The summed E-state index contributed by atoms with van der Waals surface area (Å²) in [5, 5.41) is -0.240. The molecule has 6 heteroatoms. The fourth-order valence-electron chi connectivity index (χ4n) is 1.62. The predicted octanol–water partition coefficient (Wildman–Crippen LogP) is 5.19. The first kappa shape index (κ1) is 21.5. The minimum Gasteiger partial charge on any atom is -0.463 e. The summed E-state index contributed by atoms with van der Waals surface area (Å²) in [6.07, 6.45) is 2.53. The van der Waals surface area contributed by atoms with E-state index in [0.29, 0.717) is 30.1 Å². The van der Waals surface area contributed by atoms with Crippen molar-refractivity contribution in [3.8, 4) is 0 Å². The lowest BCUT2D eigenvalue weighted by atomic mass is 10.1. The van der Waals surface area contributed by atoms with E-state index in [9.17, 15) is 9.18 Å². The van der Waals surface area contributed by atoms with Gasteiger partial charge in [0.05, 0.1) is 17.9 Å². The van der Waals surface area contributed by atoms with E-state index in [-0.39, 0.29) is 11.1 Å². The number of rotatable bonds is 7. The maximum atomic E-state index is 13.5. The Balaban J connectivity index is 5.92. The third-order valence-electron chi connectivity index (χ3n) is 3.32. The van der Waals surface area contributed by atoms with Gasteiger partial charge in [0.15, 0.2) is 11.0 Å². The molecule has 0 saturated heterocycles. The lowest BCUT2D eigenvalue weighted by molar-refractivity contribution is -0.138. The molecule has 0 aromatic heterocycles. The maximum absolute atomic E-state index is 13.5. The van der Waals surface area contributed by atoms with Gasteiger partial charge in [0, 0.05) is 5.92 Å². The van der Waals surface area contributed by atoms with Crippen LogP contribution in [0.3, 0.4) is 0 Å². The molecule has 0 amide bonds. The minimum absolute atomic E-state index is 0.0232. The van der Waals surface area contributed by atoms with Crippen molar-refractivity contribution in [2.45, 2.75) is 54.4 Å². The molecular formula is C17H26ClFN2O2. The second-order valence-corrected chi connectivity index (χ2v) is 5.32. The van der Waals surface area contributed by atoms with Gasteiger partial charge in [-0.15, -0.1) is 0 Å². The van der Waals surface area contributed by atoms with Crippen LogP contribution in [0.15, 0.2) is 33.2 Å². The van der Waals surface area contributed by atoms with Crippen LogP contribution >= 0.6 is 11.6 Å². The number of amidine groups is 1. The van der Waals surface area contributed by atoms with Gasteiger partial charge in [0.25, 0.3) is 0 Å². The van der Waals surface area contributed by atoms with E-state index in [4.69, 9.17) is 16.3 Å². The summed E-state index contributed by atoms with van der Waals surface area (Å²) in [4.78, 5) is 20.4. The van der Waals surface area contributed by atoms with E-state index in [1.807, 2.05) is 20.8 Å². The average Bonchev–Trinajstić information content (AvgIpc) is 2.56. The summed E-state index contributed by atoms with van der Waals surface area (Å²) in [5.74, 6) is -0.641. The summed E-state index contributed by atoms with van der Waals surface area (Å²) < 4.78 is 18.5. The van der Waals surface area contributed by atoms with Gasteiger partial charge in [0.1, 0.15) is 5.84 Å². The van der Waals surface area contributed by atoms with Crippen LogP contribution in [-0.4, -0.2) is 23.6 Å². The number of esters is 1. The van der Waals surface area contributed by atoms with Gasteiger partial charge >= 0.3 is 5.97 Å². The summed E-state index contributed by atoms with van der Waals surface area (Å²) in [6.45, 7) is 11.0. The molecule has 0 aliphatic heterocycles. The molecule has 0 rings (SSSR count). The Morgan fingerprint density at radius 1 is 1.30 bits per heavy atom. The number of carbonyl (C=O) groups is 1. The van der Waals surface area contributed by atoms with Gasteiger partial charge in [0.2, 0.25) is 0 Å². The van der Waals surface area contributed by atoms with Crippen LogP contribution in [0.5, 0.6) is 0 Å². The minimum atomic E-state index is -0.605. The molecule has 0 aromatic rings. The third kappa shape index (κ3) is 7.08. The number of nitrogens with zero attached hydrogens (tertiary/aromatic N) is 2. The van der Waals surface area contributed by atoms with Crippen LogP contribution < -0.4 is 0 Å². The SMILES string of the molecule is C/C=C(/F)C(Cl)=NC(=N/C(CC)=C(\C)C(=O)OCC)C(C)CC. The molecule has 1 atom stereocenters. The number of ether oxygens (including phenoxy) is 1. The molecule has 0 aliphatic rings. The standard InChI is InChI=1S/C17H26ClFN2O2/c1-7-11(5)16(21-15(18)13(19)8-2)20-14(9-3)12(6)17(22)23-10-4/h8,11H,7,9-10H2,1-6H3/b13-8+,14-12+,20-16?,21-15?. The Morgan fingerprint density at radius 3 is 2.35 bits per heavy atom. The molecule has 0 heterocycles. The molecule has 0 fully saturated rings. The number of carbonyl (C=O) groups excluding carboxylic acids is 1. The zero-order chi connectivity index (χ0) is 18.0. The predicted molar refractivity (Wildman–Crippen MR) is 94.7 cm³/mol. The number of aliphatic imine (C=N–C) groups is 2. The van der Waals surface area contributed by atoms with Crippen molar-refractivity contribution in [1.29, 1.82) is 0 Å². The van der Waals surface area contributed by atoms with Crippen molar-refractivity contribution in [2.75, 3.05) is 6.61 Å². The van der Waals surface area contributed by atoms with Crippen molar-refractivity contribution in [1.82, 2.24) is 0 Å². The van der Waals surface area contributed by atoms with E-state index >= 15 is 0 Å². The second-order valence-electron chi connectivity index (χ2n) is 4.96. The summed E-state index contributed by atoms with van der Waals surface area (Å²) in [5.41, 5.74) is 0.987. The van der Waals surface area contributed by atoms with Crippen molar-refractivity contribution in [3.05, 3.63) is 23.2 Å². The molecule has 0 radical (unpaired) electrons. The number of halogens is 2. The highest BCUT2D eigenvalue weighted by atomic mass is 35.5. The fourth-order valence-corrected chi connectivity index (χ4v) is 1.82. The molecule has 23 heavy (non-hydrogen) atoms. The van der Waals surface area contributed by atoms with E-state index < -0.39 is 11.8 Å². The molecule has 0 N–H and O–H groups in total. The molecule has 0 saturated carbocycles. The van der Waals surface area contributed by atoms with E-state index in [2.05, 4.69) is 9.98 Å². The zero-order valence-corrected chi connectivity index (χ0v) is 15.5. The first-order chi connectivity index (χ1) is 10.8. The molecule has 4 nitrogen and oxygen atoms in total. The molecule has 0 bridgehead atoms. The van der Waals surface area contributed by atoms with E-state index in [1.54, 1.807) is 13.8 Å². The lowest BCUT2D eigenvalue weighted by Gasteiger charge is -2.12. The molecule has 0 spiro atoms. The highest BCUT2D eigenvalue weighted by Gasteiger charge is 2.15. The Kier molecular flexibility index (Phi) is 10.4. The second kappa shape index (κ2) is 11.1. The Bertz CT molecular complexity index is 537. The smallest absolute Gasteiger partial charge is 0.335 e. The molecular weight excluding hydrogens is 319 g/mol. The summed E-state index contributed by atoms with van der Waals surface area (Å²) in [7, 11) is 0. The van der Waals surface area contributed by atoms with Crippen LogP contribution in [0.1, 0.15) is 54.4 Å². The normalized spacial score (nSPS) is 16.1. The maximum Gasteiger partial charge on any atom is 0.335 e. The van der Waals surface area contributed by atoms with Gasteiger partial charge in [-0.2, -0.15) is 0 Å². The summed E-state index contributed by atoms with van der Waals surface area (Å²) in [6, 6.07) is 0. The van der Waals surface area contributed by atoms with Crippen LogP contribution in [0.4, 0.5) is 4.39 Å². The number of hydrogen-bond acceptors (Lipinski definition) is 3. The van der Waals surface area contributed by atoms with Crippen molar-refractivity contribution >= 4 is 28.6 Å². The van der Waals surface area contributed by atoms with Crippen molar-refractivity contribution < 1.29 is 13.9 Å². The highest BCUT2D eigenvalue weighted by molar-refractivity contribution is 6.69. The van der Waals surface area contributed by atoms with Crippen molar-refractivity contribution in [2.24, 2.45) is 15.9 Å². The Hall–Kier alpha value is -1.49. The Morgan fingerprint density at radius 2 is 1.91 bits per heavy atom. The molecule has 1 unspecified atom stereocenters.